The zero-order valence-electron chi connectivity index (χ0n) is 64.7. The molecule has 0 aliphatic rings. The average Bonchev–Trinajstić information content (AvgIpc) is 1.62. The van der Waals surface area contributed by atoms with Crippen molar-refractivity contribution < 1.29 is 64.7 Å². The first-order valence-electron chi connectivity index (χ1n) is 35.2. The van der Waals surface area contributed by atoms with Crippen molar-refractivity contribution in [3.63, 3.8) is 0 Å². The highest BCUT2D eigenvalue weighted by Gasteiger charge is 2.39. The topological polar surface area (TPSA) is 356 Å². The zero-order chi connectivity index (χ0) is 89.8. The van der Waals surface area contributed by atoms with Crippen LogP contribution in [0.3, 0.4) is 0 Å². The van der Waals surface area contributed by atoms with Crippen LogP contribution in [0.1, 0.15) is 145 Å². The van der Waals surface area contributed by atoms with Gasteiger partial charge in [0.2, 0.25) is 0 Å². The van der Waals surface area contributed by atoms with Gasteiger partial charge in [-0.2, -0.15) is 46.7 Å². The van der Waals surface area contributed by atoms with Crippen LogP contribution in [0.2, 0.25) is 50.5 Å². The summed E-state index contributed by atoms with van der Waals surface area (Å²) in [4.78, 5) is 118. The third-order valence-corrected chi connectivity index (χ3v) is 18.9. The summed E-state index contributed by atoms with van der Waals surface area (Å²) in [6.45, 7) is 14.0. The third-order valence-electron chi connectivity index (χ3n) is 16.5. The number of pyridine rings is 4. The molecule has 0 atom stereocenters. The number of hydrogen-bond donors (Lipinski definition) is 8. The molecule has 12 rings (SSSR count). The Bertz CT molecular complexity index is 6060. The number of halogens is 16. The number of rotatable bonds is 18. The minimum atomic E-state index is -4.80. The fraction of sp³-hybridized carbons (Fsp3) is 0.179. The quantitative estimate of drug-likeness (QED) is 0.0370. The van der Waals surface area contributed by atoms with Gasteiger partial charge in [-0.1, -0.05) is 140 Å². The van der Waals surface area contributed by atoms with E-state index in [2.05, 4.69) is 82.9 Å². The van der Waals surface area contributed by atoms with Crippen molar-refractivity contribution in [1.82, 2.24) is 80.3 Å². The largest absolute Gasteiger partial charge is 0.435 e. The van der Waals surface area contributed by atoms with Gasteiger partial charge >= 0.3 is 12.4 Å². The molecule has 0 aliphatic heterocycles. The van der Waals surface area contributed by atoms with Gasteiger partial charge in [-0.3, -0.25) is 38.4 Å². The number of amides is 8. The number of aryl methyl sites for hydroxylation is 4. The Morgan fingerprint density at radius 2 is 0.557 bits per heavy atom. The van der Waals surface area contributed by atoms with Crippen LogP contribution >= 0.6 is 116 Å². The lowest BCUT2D eigenvalue weighted by Crippen LogP contribution is -2.31. The molecule has 0 bridgehead atoms. The van der Waals surface area contributed by atoms with E-state index in [9.17, 15) is 64.7 Å². The van der Waals surface area contributed by atoms with E-state index in [1.54, 1.807) is 76.5 Å². The fourth-order valence-electron chi connectivity index (χ4n) is 11.0. The zero-order valence-corrected chi connectivity index (χ0v) is 72.3. The predicted molar refractivity (Wildman–Crippen MR) is 454 cm³/mol. The molecule has 8 heterocycles. The molecule has 0 aliphatic carbocycles. The highest BCUT2D eigenvalue weighted by atomic mass is 35.5. The van der Waals surface area contributed by atoms with Gasteiger partial charge in [-0.25, -0.2) is 38.7 Å². The van der Waals surface area contributed by atoms with Crippen LogP contribution in [-0.2, 0) is 12.4 Å². The predicted octanol–water partition coefficient (Wildman–Crippen LogP) is 18.9. The van der Waals surface area contributed by atoms with E-state index in [0.717, 1.165) is 20.5 Å². The average molecular weight is 1880 g/mol. The molecular formula is C78H64Cl10F6N20O8. The number of aromatic nitrogens is 12. The van der Waals surface area contributed by atoms with Crippen LogP contribution < -0.4 is 42.5 Å². The Labute approximate surface area is 739 Å². The number of nitrogens with zero attached hydrogens (tertiary/aromatic N) is 12. The smallest absolute Gasteiger partial charge is 0.355 e. The van der Waals surface area contributed by atoms with Crippen LogP contribution in [0.15, 0.2) is 146 Å². The SMILES string of the molecule is CNC(=O)c1cc(Cl)cc(Cl)c1NC(=O)c1cc(C(F)(F)F)nn1-c1ncccc1C.CNC(=O)c1cc(Cl)cc(Cl)c1NC(=O)c1cc(Cl)nn1-c1ncccc1C.Cc1cccnc1-n1nc(C(F)(F)F)cc1C(=O)Nc1c(Cl)cc(Cl)cc1C(=O)NC(C)C.Cc1cccnc1-n1nc(Cl)cc1C(=O)Nc1c(Cl)cc(Cl)cc1C(=O)NC(C)C. The second kappa shape index (κ2) is 40.5. The fourth-order valence-corrected chi connectivity index (χ4v) is 13.5. The minimum absolute atomic E-state index is 0.0388. The lowest BCUT2D eigenvalue weighted by Gasteiger charge is -2.15. The molecule has 12 aromatic rings. The molecule has 0 saturated carbocycles. The van der Waals surface area contributed by atoms with Crippen molar-refractivity contribution >= 4 is 186 Å². The van der Waals surface area contributed by atoms with Gasteiger partial charge in [0.05, 0.1) is 65.1 Å². The van der Waals surface area contributed by atoms with E-state index in [-0.39, 0.29) is 131 Å². The summed E-state index contributed by atoms with van der Waals surface area (Å²) in [7, 11) is 2.82. The summed E-state index contributed by atoms with van der Waals surface area (Å²) < 4.78 is 84.3. The monoisotopic (exact) mass is 1870 g/mol. The van der Waals surface area contributed by atoms with Crippen LogP contribution in [-0.4, -0.2) is 132 Å². The van der Waals surface area contributed by atoms with Crippen molar-refractivity contribution in [3.8, 4) is 23.3 Å². The second-order valence-corrected chi connectivity index (χ2v) is 30.4. The molecule has 8 N–H and O–H groups in total. The number of carbonyl (C=O) groups excluding carboxylic acids is 8. The molecule has 122 heavy (non-hydrogen) atoms. The van der Waals surface area contributed by atoms with Crippen LogP contribution in [0.5, 0.6) is 0 Å². The molecule has 0 unspecified atom stereocenters. The van der Waals surface area contributed by atoms with Crippen molar-refractivity contribution in [2.24, 2.45) is 0 Å². The Morgan fingerprint density at radius 1 is 0.328 bits per heavy atom. The van der Waals surface area contributed by atoms with Gasteiger partial charge in [-0.15, -0.1) is 0 Å². The third kappa shape index (κ3) is 23.2. The van der Waals surface area contributed by atoms with Crippen molar-refractivity contribution in [1.29, 1.82) is 0 Å². The number of alkyl halides is 6. The Morgan fingerprint density at radius 3 is 0.779 bits per heavy atom. The van der Waals surface area contributed by atoms with Gasteiger partial charge in [0.1, 0.15) is 22.8 Å². The van der Waals surface area contributed by atoms with Gasteiger partial charge in [0.25, 0.3) is 47.3 Å². The molecule has 28 nitrogen and oxygen atoms in total. The Hall–Kier alpha value is -11.4. The normalized spacial score (nSPS) is 11.1. The molecule has 0 radical (unpaired) electrons. The van der Waals surface area contributed by atoms with Gasteiger partial charge in [-0.05, 0) is 150 Å². The highest BCUT2D eigenvalue weighted by Crippen LogP contribution is 2.38. The lowest BCUT2D eigenvalue weighted by molar-refractivity contribution is -0.142. The van der Waals surface area contributed by atoms with Gasteiger partial charge in [0.15, 0.2) is 45.0 Å². The van der Waals surface area contributed by atoms with E-state index in [1.807, 2.05) is 39.8 Å². The molecule has 0 spiro atoms. The number of carbonyl (C=O) groups is 8. The Kier molecular flexibility index (Phi) is 31.3. The summed E-state index contributed by atoms with van der Waals surface area (Å²) in [6.07, 6.45) is -3.71. The second-order valence-electron chi connectivity index (χ2n) is 26.2. The maximum Gasteiger partial charge on any atom is 0.435 e. The molecule has 44 heteroatoms. The first kappa shape index (κ1) is 94.4. The van der Waals surface area contributed by atoms with E-state index in [4.69, 9.17) is 116 Å². The first-order valence-corrected chi connectivity index (χ1v) is 39.0. The maximum absolute atomic E-state index is 13.4. The number of hydrogen-bond acceptors (Lipinski definition) is 16. The molecule has 8 aromatic heterocycles. The molecular weight excluding hydrogens is 1810 g/mol. The summed E-state index contributed by atoms with van der Waals surface area (Å²) in [5, 5.41) is 36.9. The Balaban J connectivity index is 0.000000185. The number of anilines is 4. The summed E-state index contributed by atoms with van der Waals surface area (Å²) in [5.41, 5.74) is -0.462. The number of benzene rings is 4. The van der Waals surface area contributed by atoms with Gasteiger partial charge in [0, 0.05) is 95.3 Å². The molecule has 636 valence electrons. The lowest BCUT2D eigenvalue weighted by atomic mass is 10.1. The van der Waals surface area contributed by atoms with E-state index in [0.29, 0.717) is 34.9 Å². The van der Waals surface area contributed by atoms with E-state index >= 15 is 0 Å². The van der Waals surface area contributed by atoms with Crippen molar-refractivity contribution in [3.05, 3.63) is 275 Å². The van der Waals surface area contributed by atoms with Crippen LogP contribution in [0.25, 0.3) is 23.3 Å². The molecule has 0 fully saturated rings. The molecule has 4 aromatic carbocycles. The molecule has 8 amide bonds. The maximum atomic E-state index is 13.4. The summed E-state index contributed by atoms with van der Waals surface area (Å²) in [6, 6.07) is 28.1. The summed E-state index contributed by atoms with van der Waals surface area (Å²) >= 11 is 60.9. The standard InChI is InChI=1S/C21H18Cl2F3N5O2.C20H18Cl3N5O2.C19H14Cl2F3N5O2.C18H14Cl3N5O2/c1-10(2)28-19(32)13-7-12(22)8-14(23)17(13)29-20(33)15-9-16(21(24,25)26)30-31(15)18-11(3)5-4-6-27-18;1-10(2)25-19(29)13-7-12(21)8-14(22)17(13)26-20(30)15-9-16(23)27-28(15)18-11(3)5-4-6-24-18;1-9-4-3-5-26-16(9)29-13(8-14(28-29)19(22,23)24)18(31)27-15-11(17(30)25-2)6-10(20)7-12(15)21;1-9-4-3-5-23-16(9)26-13(8-14(21)25-26)18(28)24-15-11(17(27)22-2)6-10(19)7-12(15)20/h4-10H,1-3H3,(H,28,32)(H,29,33);4-10H,1-3H3,(H,25,29)(H,26,30);3-8H,1-2H3,(H,25,30)(H,27,31);3-8H,1-2H3,(H,22,27)(H,24,28). The summed E-state index contributed by atoms with van der Waals surface area (Å²) in [5.74, 6) is -4.17. The van der Waals surface area contributed by atoms with E-state index < -0.39 is 82.4 Å². The van der Waals surface area contributed by atoms with Crippen LogP contribution in [0, 0.1) is 27.7 Å². The number of nitrogens with one attached hydrogen (secondary N) is 8. The van der Waals surface area contributed by atoms with Gasteiger partial charge < -0.3 is 42.5 Å². The van der Waals surface area contributed by atoms with Crippen molar-refractivity contribution in [2.75, 3.05) is 35.4 Å². The van der Waals surface area contributed by atoms with E-state index in [1.165, 1.54) is 96.5 Å². The van der Waals surface area contributed by atoms with Crippen LogP contribution in [0.4, 0.5) is 49.1 Å². The first-order chi connectivity index (χ1) is 57.4. The highest BCUT2D eigenvalue weighted by molar-refractivity contribution is 6.41. The molecule has 0 saturated heterocycles. The minimum Gasteiger partial charge on any atom is -0.355 e. The van der Waals surface area contributed by atoms with Crippen molar-refractivity contribution in [2.45, 2.75) is 79.8 Å².